The number of hydrogen-bond donors (Lipinski definition) is 2. The first kappa shape index (κ1) is 15.7. The molecule has 2 N–H and O–H groups in total. The number of amides is 1. The second-order valence-electron chi connectivity index (χ2n) is 5.59. The second-order valence-corrected chi connectivity index (χ2v) is 7.89. The van der Waals surface area contributed by atoms with Gasteiger partial charge in [0, 0.05) is 32.7 Å². The molecular weight excluding hydrogens is 278 g/mol. The molecule has 2 rings (SSSR count). The van der Waals surface area contributed by atoms with Crippen LogP contribution in [0.1, 0.15) is 25.7 Å². The van der Waals surface area contributed by atoms with Gasteiger partial charge in [0.05, 0.1) is 5.75 Å². The van der Waals surface area contributed by atoms with Gasteiger partial charge in [-0.1, -0.05) is 6.42 Å². The minimum absolute atomic E-state index is 0.159. The van der Waals surface area contributed by atoms with Crippen molar-refractivity contribution in [3.63, 3.8) is 0 Å². The number of hydrogen-bond acceptors (Lipinski definition) is 5. The first-order valence-electron chi connectivity index (χ1n) is 7.52. The van der Waals surface area contributed by atoms with Crippen molar-refractivity contribution in [3.8, 4) is 0 Å². The van der Waals surface area contributed by atoms with E-state index in [0.717, 1.165) is 45.6 Å². The molecule has 0 spiro atoms. The van der Waals surface area contributed by atoms with E-state index in [9.17, 15) is 13.2 Å². The summed E-state index contributed by atoms with van der Waals surface area (Å²) in [6.45, 7) is 5.66. The molecule has 0 bridgehead atoms. The number of rotatable bonds is 5. The van der Waals surface area contributed by atoms with E-state index in [-0.39, 0.29) is 11.7 Å². The zero-order valence-corrected chi connectivity index (χ0v) is 12.8. The van der Waals surface area contributed by atoms with Crippen LogP contribution in [0, 0.1) is 0 Å². The fourth-order valence-electron chi connectivity index (χ4n) is 2.81. The van der Waals surface area contributed by atoms with Crippen molar-refractivity contribution in [1.29, 1.82) is 0 Å². The van der Waals surface area contributed by atoms with E-state index < -0.39 is 15.1 Å². The topological polar surface area (TPSA) is 78.5 Å². The average Bonchev–Trinajstić information content (AvgIpc) is 2.44. The molecule has 2 saturated heterocycles. The van der Waals surface area contributed by atoms with Crippen LogP contribution in [0.5, 0.6) is 0 Å². The summed E-state index contributed by atoms with van der Waals surface area (Å²) in [4.78, 5) is 14.3. The molecule has 2 heterocycles. The van der Waals surface area contributed by atoms with Crippen molar-refractivity contribution in [2.75, 3.05) is 45.0 Å². The molecule has 1 unspecified atom stereocenters. The van der Waals surface area contributed by atoms with Gasteiger partial charge < -0.3 is 15.5 Å². The van der Waals surface area contributed by atoms with Crippen LogP contribution in [0.15, 0.2) is 0 Å². The van der Waals surface area contributed by atoms with Gasteiger partial charge in [0.15, 0.2) is 9.84 Å². The lowest BCUT2D eigenvalue weighted by Crippen LogP contribution is -2.45. The van der Waals surface area contributed by atoms with E-state index in [1.165, 1.54) is 0 Å². The Hall–Kier alpha value is -0.660. The molecule has 0 aromatic rings. The van der Waals surface area contributed by atoms with E-state index in [1.807, 2.05) is 0 Å². The molecule has 2 aliphatic rings. The Balaban J connectivity index is 1.66. The van der Waals surface area contributed by atoms with E-state index >= 15 is 0 Å². The maximum Gasteiger partial charge on any atom is 0.238 e. The molecule has 116 valence electrons. The van der Waals surface area contributed by atoms with Crippen LogP contribution in [0.25, 0.3) is 0 Å². The van der Waals surface area contributed by atoms with Crippen molar-refractivity contribution in [2.45, 2.75) is 30.9 Å². The van der Waals surface area contributed by atoms with E-state index in [0.29, 0.717) is 19.4 Å². The number of sulfone groups is 1. The Bertz CT molecular complexity index is 419. The number of carbonyl (C=O) groups is 1. The first-order chi connectivity index (χ1) is 9.59. The normalized spacial score (nSPS) is 27.1. The monoisotopic (exact) mass is 303 g/mol. The third-order valence-corrected chi connectivity index (χ3v) is 6.21. The molecule has 2 aliphatic heterocycles. The van der Waals surface area contributed by atoms with Gasteiger partial charge in [-0.2, -0.15) is 0 Å². The maximum atomic E-state index is 12.0. The lowest BCUT2D eigenvalue weighted by atomic mass is 10.2. The highest BCUT2D eigenvalue weighted by atomic mass is 32.2. The van der Waals surface area contributed by atoms with Crippen LogP contribution in [-0.2, 0) is 14.6 Å². The van der Waals surface area contributed by atoms with Crippen LogP contribution in [0.4, 0.5) is 0 Å². The van der Waals surface area contributed by atoms with Gasteiger partial charge in [0.25, 0.3) is 0 Å². The molecule has 7 heteroatoms. The highest BCUT2D eigenvalue weighted by Gasteiger charge is 2.34. The van der Waals surface area contributed by atoms with Gasteiger partial charge in [-0.25, -0.2) is 8.42 Å². The first-order valence-corrected chi connectivity index (χ1v) is 9.23. The molecule has 2 fully saturated rings. The fraction of sp³-hybridized carbons (Fsp3) is 0.923. The Morgan fingerprint density at radius 2 is 2.00 bits per heavy atom. The molecule has 0 aromatic carbocycles. The number of piperazine rings is 1. The molecule has 0 radical (unpaired) electrons. The average molecular weight is 303 g/mol. The summed E-state index contributed by atoms with van der Waals surface area (Å²) in [6, 6.07) is 0. The highest BCUT2D eigenvalue weighted by Crippen LogP contribution is 2.19. The summed E-state index contributed by atoms with van der Waals surface area (Å²) in [5.41, 5.74) is 0. The van der Waals surface area contributed by atoms with Crippen molar-refractivity contribution in [1.82, 2.24) is 15.5 Å². The SMILES string of the molecule is O=C(NCCCN1CCNCC1)C1CCCCS1(=O)=O. The lowest BCUT2D eigenvalue weighted by molar-refractivity contribution is -0.120. The third kappa shape index (κ3) is 4.43. The minimum Gasteiger partial charge on any atom is -0.355 e. The third-order valence-electron chi connectivity index (χ3n) is 4.03. The summed E-state index contributed by atoms with van der Waals surface area (Å²) >= 11 is 0. The zero-order valence-electron chi connectivity index (χ0n) is 11.9. The van der Waals surface area contributed by atoms with E-state index in [1.54, 1.807) is 0 Å². The van der Waals surface area contributed by atoms with Crippen LogP contribution < -0.4 is 10.6 Å². The largest absolute Gasteiger partial charge is 0.355 e. The van der Waals surface area contributed by atoms with Crippen LogP contribution in [0.2, 0.25) is 0 Å². The Morgan fingerprint density at radius 3 is 2.70 bits per heavy atom. The lowest BCUT2D eigenvalue weighted by Gasteiger charge is -2.27. The van der Waals surface area contributed by atoms with E-state index in [2.05, 4.69) is 15.5 Å². The second kappa shape index (κ2) is 7.38. The van der Waals surface area contributed by atoms with Crippen LogP contribution >= 0.6 is 0 Å². The van der Waals surface area contributed by atoms with Gasteiger partial charge in [0.1, 0.15) is 5.25 Å². The van der Waals surface area contributed by atoms with Crippen molar-refractivity contribution >= 4 is 15.7 Å². The summed E-state index contributed by atoms with van der Waals surface area (Å²) in [6.07, 6.45) is 2.87. The van der Waals surface area contributed by atoms with Crippen LogP contribution in [0.3, 0.4) is 0 Å². The van der Waals surface area contributed by atoms with Gasteiger partial charge in [0.2, 0.25) is 5.91 Å². The Morgan fingerprint density at radius 1 is 1.25 bits per heavy atom. The maximum absolute atomic E-state index is 12.0. The zero-order chi connectivity index (χ0) is 14.4. The molecule has 0 saturated carbocycles. The number of nitrogens with one attached hydrogen (secondary N) is 2. The van der Waals surface area contributed by atoms with Gasteiger partial charge in [-0.15, -0.1) is 0 Å². The van der Waals surface area contributed by atoms with Crippen LogP contribution in [-0.4, -0.2) is 69.5 Å². The Labute approximate surface area is 121 Å². The fourth-order valence-corrected chi connectivity index (χ4v) is 4.64. The van der Waals surface area contributed by atoms with E-state index in [4.69, 9.17) is 0 Å². The predicted molar refractivity (Wildman–Crippen MR) is 78.4 cm³/mol. The standard InChI is InChI=1S/C13H25N3O3S/c17-13(12-4-1-2-11-20(12,18)19)15-5-3-8-16-9-6-14-7-10-16/h12,14H,1-11H2,(H,15,17). The molecule has 0 aromatic heterocycles. The van der Waals surface area contributed by atoms with Gasteiger partial charge in [-0.3, -0.25) is 4.79 Å². The molecule has 1 amide bonds. The van der Waals surface area contributed by atoms with Gasteiger partial charge >= 0.3 is 0 Å². The minimum atomic E-state index is -3.21. The molecule has 6 nitrogen and oxygen atoms in total. The summed E-state index contributed by atoms with van der Waals surface area (Å²) in [5.74, 6) is -0.142. The molecular formula is C13H25N3O3S. The quantitative estimate of drug-likeness (QED) is 0.661. The number of nitrogens with zero attached hydrogens (tertiary/aromatic N) is 1. The summed E-state index contributed by atoms with van der Waals surface area (Å²) in [7, 11) is -3.21. The predicted octanol–water partition coefficient (Wildman–Crippen LogP) is -0.635. The van der Waals surface area contributed by atoms with Crippen molar-refractivity contribution in [3.05, 3.63) is 0 Å². The smallest absolute Gasteiger partial charge is 0.238 e. The van der Waals surface area contributed by atoms with Crippen molar-refractivity contribution in [2.24, 2.45) is 0 Å². The number of carbonyl (C=O) groups excluding carboxylic acids is 1. The van der Waals surface area contributed by atoms with Crippen molar-refractivity contribution < 1.29 is 13.2 Å². The molecule has 20 heavy (non-hydrogen) atoms. The molecule has 0 aliphatic carbocycles. The summed E-state index contributed by atoms with van der Waals surface area (Å²) in [5, 5.41) is 5.27. The van der Waals surface area contributed by atoms with Gasteiger partial charge in [-0.05, 0) is 25.8 Å². The summed E-state index contributed by atoms with van der Waals surface area (Å²) < 4.78 is 23.7. The highest BCUT2D eigenvalue weighted by molar-refractivity contribution is 7.92. The molecule has 1 atom stereocenters. The Kier molecular flexibility index (Phi) is 5.80.